The minimum Gasteiger partial charge on any atom is -0.436 e. The zero-order valence-electron chi connectivity index (χ0n) is 19.2. The van der Waals surface area contributed by atoms with Crippen molar-refractivity contribution in [1.82, 2.24) is 10.6 Å². The van der Waals surface area contributed by atoms with Crippen molar-refractivity contribution in [2.24, 2.45) is 5.92 Å². The van der Waals surface area contributed by atoms with Crippen LogP contribution < -0.4 is 10.6 Å². The van der Waals surface area contributed by atoms with Crippen LogP contribution in [0.15, 0.2) is 67.3 Å². The highest BCUT2D eigenvalue weighted by atomic mass is 35.5. The number of hydrogen-bond donors (Lipinski definition) is 3. The predicted octanol–water partition coefficient (Wildman–Crippen LogP) is 4.30. The molecule has 178 valence electrons. The predicted molar refractivity (Wildman–Crippen MR) is 131 cm³/mol. The maximum atomic E-state index is 13.0. The van der Waals surface area contributed by atoms with Gasteiger partial charge in [0.05, 0.1) is 12.1 Å². The molecule has 0 aliphatic heterocycles. The van der Waals surface area contributed by atoms with E-state index in [2.05, 4.69) is 17.2 Å². The van der Waals surface area contributed by atoms with Crippen LogP contribution >= 0.6 is 11.6 Å². The summed E-state index contributed by atoms with van der Waals surface area (Å²) in [6.07, 6.45) is 0.478. The fourth-order valence-corrected chi connectivity index (χ4v) is 3.49. The van der Waals surface area contributed by atoms with Crippen LogP contribution in [0.5, 0.6) is 0 Å². The number of alkyl carbamates (subject to hydrolysis) is 1. The van der Waals surface area contributed by atoms with Crippen molar-refractivity contribution in [1.29, 1.82) is 0 Å². The zero-order chi connectivity index (χ0) is 24.2. The number of aliphatic hydroxyl groups excluding tert-OH is 1. The molecular formula is C26H33ClN2O4. The van der Waals surface area contributed by atoms with Crippen LogP contribution in [0.1, 0.15) is 31.4 Å². The lowest BCUT2D eigenvalue weighted by molar-refractivity contribution is -0.133. The average molecular weight is 473 g/mol. The van der Waals surface area contributed by atoms with Crippen molar-refractivity contribution in [3.8, 4) is 0 Å². The van der Waals surface area contributed by atoms with Crippen molar-refractivity contribution in [3.05, 3.63) is 83.4 Å². The second-order valence-corrected chi connectivity index (χ2v) is 8.71. The number of rotatable bonds is 12. The Hall–Kier alpha value is -2.83. The van der Waals surface area contributed by atoms with Gasteiger partial charge in [-0.15, -0.1) is 6.58 Å². The van der Waals surface area contributed by atoms with Gasteiger partial charge in [0.25, 0.3) is 5.91 Å². The summed E-state index contributed by atoms with van der Waals surface area (Å²) in [7, 11) is 0. The van der Waals surface area contributed by atoms with Crippen LogP contribution in [0.3, 0.4) is 0 Å². The topological polar surface area (TPSA) is 87.7 Å². The van der Waals surface area contributed by atoms with E-state index in [0.717, 1.165) is 11.1 Å². The molecule has 0 saturated carbocycles. The Bertz CT molecular complexity index is 887. The molecule has 0 bridgehead atoms. The smallest absolute Gasteiger partial charge is 0.407 e. The molecule has 2 aromatic carbocycles. The van der Waals surface area contributed by atoms with Crippen LogP contribution in [0, 0.1) is 5.92 Å². The van der Waals surface area contributed by atoms with Crippen LogP contribution in [0.4, 0.5) is 4.79 Å². The van der Waals surface area contributed by atoms with E-state index >= 15 is 0 Å². The molecule has 2 aromatic rings. The van der Waals surface area contributed by atoms with Gasteiger partial charge < -0.3 is 20.5 Å². The monoisotopic (exact) mass is 472 g/mol. The van der Waals surface area contributed by atoms with E-state index in [1.54, 1.807) is 32.1 Å². The summed E-state index contributed by atoms with van der Waals surface area (Å²) >= 11 is 5.95. The molecular weight excluding hydrogens is 440 g/mol. The van der Waals surface area contributed by atoms with Gasteiger partial charge in [0, 0.05) is 11.6 Å². The summed E-state index contributed by atoms with van der Waals surface area (Å²) in [6, 6.07) is 16.4. The minimum atomic E-state index is -0.995. The third kappa shape index (κ3) is 9.28. The first-order valence-electron chi connectivity index (χ1n) is 11.1. The molecule has 2 amide bonds. The molecule has 0 heterocycles. The van der Waals surface area contributed by atoms with Crippen LogP contribution in [0.2, 0.25) is 5.02 Å². The molecule has 0 radical (unpaired) electrons. The maximum Gasteiger partial charge on any atom is 0.407 e. The molecule has 0 saturated heterocycles. The van der Waals surface area contributed by atoms with E-state index < -0.39 is 30.3 Å². The number of benzene rings is 2. The summed E-state index contributed by atoms with van der Waals surface area (Å²) in [5.74, 6) is -0.706. The lowest BCUT2D eigenvalue weighted by Gasteiger charge is -2.27. The minimum absolute atomic E-state index is 0.252. The zero-order valence-corrected chi connectivity index (χ0v) is 19.9. The Morgan fingerprint density at radius 2 is 1.76 bits per heavy atom. The second kappa shape index (κ2) is 13.7. The number of amides is 2. The van der Waals surface area contributed by atoms with Crippen molar-refractivity contribution in [2.75, 3.05) is 6.54 Å². The van der Waals surface area contributed by atoms with Crippen molar-refractivity contribution in [3.63, 3.8) is 0 Å². The van der Waals surface area contributed by atoms with Crippen molar-refractivity contribution >= 4 is 23.6 Å². The molecule has 6 nitrogen and oxygen atoms in total. The van der Waals surface area contributed by atoms with Crippen molar-refractivity contribution in [2.45, 2.75) is 51.4 Å². The lowest BCUT2D eigenvalue weighted by atomic mass is 9.98. The molecule has 3 atom stereocenters. The van der Waals surface area contributed by atoms with Crippen molar-refractivity contribution < 1.29 is 19.4 Å². The van der Waals surface area contributed by atoms with E-state index in [4.69, 9.17) is 16.3 Å². The summed E-state index contributed by atoms with van der Waals surface area (Å²) in [5.41, 5.74) is 2.01. The Morgan fingerprint density at radius 1 is 1.09 bits per heavy atom. The fourth-order valence-electron chi connectivity index (χ4n) is 3.36. The molecule has 0 aromatic heterocycles. The maximum absolute atomic E-state index is 13.0. The number of ether oxygens (including phenoxy) is 1. The summed E-state index contributed by atoms with van der Waals surface area (Å²) in [6.45, 7) is 7.66. The molecule has 3 N–H and O–H groups in total. The molecule has 0 aliphatic carbocycles. The number of carbonyl (C=O) groups excluding carboxylic acids is 2. The quantitative estimate of drug-likeness (QED) is 0.402. The van der Waals surface area contributed by atoms with E-state index in [-0.39, 0.29) is 5.92 Å². The molecule has 7 heteroatoms. The molecule has 2 unspecified atom stereocenters. The van der Waals surface area contributed by atoms with E-state index in [1.165, 1.54) is 0 Å². The van der Waals surface area contributed by atoms with Gasteiger partial charge >= 0.3 is 6.09 Å². The highest BCUT2D eigenvalue weighted by molar-refractivity contribution is 6.30. The second-order valence-electron chi connectivity index (χ2n) is 8.27. The molecule has 2 rings (SSSR count). The number of hydrogen-bond acceptors (Lipinski definition) is 4. The Labute approximate surface area is 201 Å². The fraction of sp³-hybridized carbons (Fsp3) is 0.385. The first-order chi connectivity index (χ1) is 15.8. The Kier molecular flexibility index (Phi) is 10.9. The lowest BCUT2D eigenvalue weighted by Crippen LogP contribution is -2.51. The first-order valence-corrected chi connectivity index (χ1v) is 11.5. The largest absolute Gasteiger partial charge is 0.436 e. The standard InChI is InChI=1S/C26H33ClN2O4/c1-4-8-23(30)22(17-20-11-13-21(27)14-12-20)29-25(31)24(18(2)3)33-26(32)28-16-15-19-9-6-5-7-10-19/h4-7,9-14,18,22-24,30H,1,8,15-17H2,2-3H3,(H,28,32)(H,29,31)/t22-,23?,24?/m0/s1. The van der Waals surface area contributed by atoms with Gasteiger partial charge in [-0.3, -0.25) is 4.79 Å². The van der Waals surface area contributed by atoms with Gasteiger partial charge in [0.15, 0.2) is 6.10 Å². The molecule has 33 heavy (non-hydrogen) atoms. The third-order valence-corrected chi connectivity index (χ3v) is 5.44. The van der Waals surface area contributed by atoms with Gasteiger partial charge in [0.1, 0.15) is 0 Å². The average Bonchev–Trinajstić information content (AvgIpc) is 2.79. The normalized spacial score (nSPS) is 13.6. The van der Waals surface area contributed by atoms with E-state index in [1.807, 2.05) is 42.5 Å². The third-order valence-electron chi connectivity index (χ3n) is 5.19. The van der Waals surface area contributed by atoms with E-state index in [0.29, 0.717) is 30.8 Å². The molecule has 0 fully saturated rings. The summed E-state index contributed by atoms with van der Waals surface area (Å²) < 4.78 is 5.44. The number of nitrogens with one attached hydrogen (secondary N) is 2. The Morgan fingerprint density at radius 3 is 2.36 bits per heavy atom. The van der Waals surface area contributed by atoms with Gasteiger partial charge in [-0.05, 0) is 48.4 Å². The highest BCUT2D eigenvalue weighted by Crippen LogP contribution is 2.15. The number of aliphatic hydroxyl groups is 1. The van der Waals surface area contributed by atoms with E-state index in [9.17, 15) is 14.7 Å². The molecule has 0 spiro atoms. The van der Waals surface area contributed by atoms with Gasteiger partial charge in [0.2, 0.25) is 0 Å². The molecule has 0 aliphatic rings. The SMILES string of the molecule is C=CCC(O)[C@H](Cc1ccc(Cl)cc1)NC(=O)C(OC(=O)NCCc1ccccc1)C(C)C. The van der Waals surface area contributed by atoms with Crippen LogP contribution in [-0.2, 0) is 22.4 Å². The van der Waals surface area contributed by atoms with Gasteiger partial charge in [-0.1, -0.05) is 74.0 Å². The highest BCUT2D eigenvalue weighted by Gasteiger charge is 2.30. The van der Waals surface area contributed by atoms with Crippen LogP contribution in [0.25, 0.3) is 0 Å². The van der Waals surface area contributed by atoms with Gasteiger partial charge in [-0.25, -0.2) is 4.79 Å². The van der Waals surface area contributed by atoms with Crippen LogP contribution in [-0.4, -0.2) is 41.9 Å². The summed E-state index contributed by atoms with van der Waals surface area (Å²) in [5, 5.41) is 16.7. The number of carbonyl (C=O) groups is 2. The first kappa shape index (κ1) is 26.4. The van der Waals surface area contributed by atoms with Gasteiger partial charge in [-0.2, -0.15) is 0 Å². The number of halogens is 1. The Balaban J connectivity index is 1.98. The summed E-state index contributed by atoms with van der Waals surface area (Å²) in [4.78, 5) is 25.3.